The second kappa shape index (κ2) is 6.00. The largest absolute Gasteiger partial charge is 0.365 e. The Hall–Kier alpha value is -1.96. The van der Waals surface area contributed by atoms with Crippen LogP contribution in [0, 0.1) is 0 Å². The summed E-state index contributed by atoms with van der Waals surface area (Å²) in [7, 11) is -3.01. The third-order valence-electron chi connectivity index (χ3n) is 2.88. The van der Waals surface area contributed by atoms with Crippen molar-refractivity contribution in [1.82, 2.24) is 15.3 Å². The molecule has 8 heteroatoms. The minimum absolute atomic E-state index is 0.00879. The first-order valence-corrected chi connectivity index (χ1v) is 8.00. The van der Waals surface area contributed by atoms with E-state index in [9.17, 15) is 13.2 Å². The Labute approximate surface area is 117 Å². The minimum Gasteiger partial charge on any atom is -0.365 e. The summed E-state index contributed by atoms with van der Waals surface area (Å²) in [6.45, 7) is 4.12. The second-order valence-corrected chi connectivity index (χ2v) is 6.76. The molecule has 1 saturated heterocycles. The van der Waals surface area contributed by atoms with Gasteiger partial charge in [0.05, 0.1) is 23.9 Å². The van der Waals surface area contributed by atoms with E-state index >= 15 is 0 Å². The lowest BCUT2D eigenvalue weighted by atomic mass is 10.2. The van der Waals surface area contributed by atoms with E-state index in [2.05, 4.69) is 27.2 Å². The van der Waals surface area contributed by atoms with Crippen LogP contribution in [0.1, 0.15) is 16.9 Å². The Morgan fingerprint density at radius 1 is 1.45 bits per heavy atom. The van der Waals surface area contributed by atoms with Crippen LogP contribution >= 0.6 is 0 Å². The molecule has 0 aromatic carbocycles. The molecule has 0 bridgehead atoms. The van der Waals surface area contributed by atoms with E-state index < -0.39 is 15.7 Å². The molecule has 1 aromatic heterocycles. The lowest BCUT2D eigenvalue weighted by molar-refractivity contribution is 0.0935. The fourth-order valence-corrected chi connectivity index (χ4v) is 3.55. The number of aromatic nitrogens is 2. The van der Waals surface area contributed by atoms with Crippen LogP contribution in [0.25, 0.3) is 0 Å². The highest BCUT2D eigenvalue weighted by Gasteiger charge is 2.29. The number of rotatable bonds is 5. The average Bonchev–Trinajstić information content (AvgIpc) is 2.76. The number of nitrogens with one attached hydrogen (secondary N) is 2. The molecule has 1 amide bonds. The van der Waals surface area contributed by atoms with Crippen molar-refractivity contribution < 1.29 is 13.2 Å². The average molecular weight is 296 g/mol. The zero-order valence-corrected chi connectivity index (χ0v) is 11.7. The summed E-state index contributed by atoms with van der Waals surface area (Å²) in [5.41, 5.74) is 0.165. The highest BCUT2D eigenvalue weighted by atomic mass is 32.2. The lowest BCUT2D eigenvalue weighted by Crippen LogP contribution is -2.36. The first-order valence-electron chi connectivity index (χ1n) is 6.18. The van der Waals surface area contributed by atoms with E-state index in [-0.39, 0.29) is 23.2 Å². The molecule has 1 aliphatic rings. The molecule has 7 nitrogen and oxygen atoms in total. The molecule has 20 heavy (non-hydrogen) atoms. The summed E-state index contributed by atoms with van der Waals surface area (Å²) in [6, 6.07) is -0.340. The molecule has 1 aromatic rings. The van der Waals surface area contributed by atoms with Gasteiger partial charge < -0.3 is 10.6 Å². The Morgan fingerprint density at radius 2 is 2.25 bits per heavy atom. The molecule has 2 rings (SSSR count). The van der Waals surface area contributed by atoms with Crippen molar-refractivity contribution in [1.29, 1.82) is 0 Å². The van der Waals surface area contributed by atoms with Crippen LogP contribution in [-0.4, -0.2) is 48.4 Å². The van der Waals surface area contributed by atoms with Crippen molar-refractivity contribution in [2.75, 3.05) is 23.4 Å². The molecule has 0 spiro atoms. The fraction of sp³-hybridized carbons (Fsp3) is 0.417. The maximum absolute atomic E-state index is 11.9. The Morgan fingerprint density at radius 3 is 2.80 bits per heavy atom. The first kappa shape index (κ1) is 14.4. The summed E-state index contributed by atoms with van der Waals surface area (Å²) < 4.78 is 22.6. The summed E-state index contributed by atoms with van der Waals surface area (Å²) >= 11 is 0. The molecule has 0 radical (unpaired) electrons. The van der Waals surface area contributed by atoms with Gasteiger partial charge in [-0.2, -0.15) is 0 Å². The molecule has 1 unspecified atom stereocenters. The number of anilines is 1. The lowest BCUT2D eigenvalue weighted by Gasteiger charge is -2.10. The van der Waals surface area contributed by atoms with Crippen molar-refractivity contribution >= 4 is 21.6 Å². The van der Waals surface area contributed by atoms with Gasteiger partial charge in [0, 0.05) is 12.6 Å². The van der Waals surface area contributed by atoms with Crippen molar-refractivity contribution in [2.24, 2.45) is 0 Å². The van der Waals surface area contributed by atoms with Crippen molar-refractivity contribution in [3.63, 3.8) is 0 Å². The molecule has 0 saturated carbocycles. The summed E-state index contributed by atoms with van der Waals surface area (Å²) in [5.74, 6) is 0.249. The van der Waals surface area contributed by atoms with Gasteiger partial charge in [-0.25, -0.2) is 18.4 Å². The van der Waals surface area contributed by atoms with Gasteiger partial charge in [-0.05, 0) is 6.42 Å². The van der Waals surface area contributed by atoms with Gasteiger partial charge >= 0.3 is 0 Å². The monoisotopic (exact) mass is 296 g/mol. The van der Waals surface area contributed by atoms with Crippen LogP contribution < -0.4 is 10.6 Å². The third kappa shape index (κ3) is 3.77. The van der Waals surface area contributed by atoms with Crippen LogP contribution in [0.4, 0.5) is 5.82 Å². The second-order valence-electron chi connectivity index (χ2n) is 4.53. The molecule has 2 N–H and O–H groups in total. The Bertz CT molecular complexity index is 598. The van der Waals surface area contributed by atoms with Crippen LogP contribution in [-0.2, 0) is 9.84 Å². The molecule has 2 heterocycles. The maximum atomic E-state index is 11.9. The molecule has 1 fully saturated rings. The van der Waals surface area contributed by atoms with E-state index in [1.807, 2.05) is 0 Å². The predicted octanol–water partition coefficient (Wildman–Crippen LogP) is -0.00860. The Balaban J connectivity index is 1.94. The third-order valence-corrected chi connectivity index (χ3v) is 4.65. The van der Waals surface area contributed by atoms with E-state index in [1.54, 1.807) is 6.08 Å². The smallest absolute Gasteiger partial charge is 0.271 e. The standard InChI is InChI=1S/C12H16N4O3S/c1-2-4-13-11-7-14-10(6-15-11)12(17)16-9-3-5-20(18,19)8-9/h2,6-7,9H,1,3-5,8H2,(H,13,15)(H,16,17). The summed E-state index contributed by atoms with van der Waals surface area (Å²) in [5, 5.41) is 5.60. The number of carbonyl (C=O) groups excluding carboxylic acids is 1. The molecule has 108 valence electrons. The van der Waals surface area contributed by atoms with Gasteiger partial charge in [-0.1, -0.05) is 6.08 Å². The summed E-state index contributed by atoms with van der Waals surface area (Å²) in [6.07, 6.45) is 4.93. The van der Waals surface area contributed by atoms with E-state index in [0.717, 1.165) is 0 Å². The number of nitrogens with zero attached hydrogens (tertiary/aromatic N) is 2. The number of sulfone groups is 1. The zero-order chi connectivity index (χ0) is 14.6. The number of amides is 1. The van der Waals surface area contributed by atoms with Gasteiger partial charge in [0.25, 0.3) is 5.91 Å². The van der Waals surface area contributed by atoms with Crippen molar-refractivity contribution in [2.45, 2.75) is 12.5 Å². The topological polar surface area (TPSA) is 101 Å². The van der Waals surface area contributed by atoms with E-state index in [0.29, 0.717) is 18.8 Å². The van der Waals surface area contributed by atoms with Crippen LogP contribution in [0.5, 0.6) is 0 Å². The first-order chi connectivity index (χ1) is 9.50. The zero-order valence-electron chi connectivity index (χ0n) is 10.9. The van der Waals surface area contributed by atoms with Gasteiger partial charge in [0.15, 0.2) is 9.84 Å². The molecule has 1 atom stereocenters. The summed E-state index contributed by atoms with van der Waals surface area (Å²) in [4.78, 5) is 19.9. The maximum Gasteiger partial charge on any atom is 0.271 e. The predicted molar refractivity (Wildman–Crippen MR) is 75.2 cm³/mol. The SMILES string of the molecule is C=CCNc1cnc(C(=O)NC2CCS(=O)(=O)C2)cn1. The molecule has 1 aliphatic heterocycles. The van der Waals surface area contributed by atoms with E-state index in [1.165, 1.54) is 12.4 Å². The van der Waals surface area contributed by atoms with Gasteiger partial charge in [0.2, 0.25) is 0 Å². The quantitative estimate of drug-likeness (QED) is 0.741. The van der Waals surface area contributed by atoms with Gasteiger partial charge in [-0.3, -0.25) is 4.79 Å². The van der Waals surface area contributed by atoms with Crippen LogP contribution in [0.2, 0.25) is 0 Å². The minimum atomic E-state index is -3.01. The van der Waals surface area contributed by atoms with Gasteiger partial charge in [-0.15, -0.1) is 6.58 Å². The van der Waals surface area contributed by atoms with Crippen molar-refractivity contribution in [3.05, 3.63) is 30.7 Å². The normalized spacial score (nSPS) is 20.3. The fourth-order valence-electron chi connectivity index (χ4n) is 1.88. The van der Waals surface area contributed by atoms with E-state index in [4.69, 9.17) is 0 Å². The molecular weight excluding hydrogens is 280 g/mol. The van der Waals surface area contributed by atoms with Gasteiger partial charge in [0.1, 0.15) is 11.5 Å². The molecule has 0 aliphatic carbocycles. The highest BCUT2D eigenvalue weighted by Crippen LogP contribution is 2.11. The molecular formula is C12H16N4O3S. The number of carbonyl (C=O) groups is 1. The van der Waals surface area contributed by atoms with Crippen molar-refractivity contribution in [3.8, 4) is 0 Å². The number of hydrogen-bond donors (Lipinski definition) is 2. The number of hydrogen-bond acceptors (Lipinski definition) is 6. The Kier molecular flexibility index (Phi) is 4.33. The van der Waals surface area contributed by atoms with Crippen LogP contribution in [0.15, 0.2) is 25.0 Å². The van der Waals surface area contributed by atoms with Crippen LogP contribution in [0.3, 0.4) is 0 Å². The highest BCUT2D eigenvalue weighted by molar-refractivity contribution is 7.91.